The topological polar surface area (TPSA) is 54.9 Å². The second-order valence-electron chi connectivity index (χ2n) is 5.48. The molecule has 2 rings (SSSR count). The zero-order valence-corrected chi connectivity index (χ0v) is 18.6. The molecule has 0 aliphatic rings. The van der Waals surface area contributed by atoms with Crippen molar-refractivity contribution in [3.8, 4) is 11.5 Å². The summed E-state index contributed by atoms with van der Waals surface area (Å²) in [5, 5.41) is 6.45. The van der Waals surface area contributed by atoms with E-state index >= 15 is 0 Å². The average Bonchev–Trinajstić information content (AvgIpc) is 3.03. The number of alkyl halides is 2. The first-order valence-corrected chi connectivity index (χ1v) is 8.95. The quantitative estimate of drug-likeness (QED) is 0.317. The molecule has 1 aromatic carbocycles. The molecule has 2 N–H and O–H groups in total. The number of aryl methyl sites for hydroxylation is 1. The lowest BCUT2D eigenvalue weighted by Gasteiger charge is -2.13. The normalized spacial score (nSPS) is 11.1. The maximum absolute atomic E-state index is 12.5. The number of ether oxygens (including phenoxy) is 2. The Morgan fingerprint density at radius 2 is 1.96 bits per heavy atom. The molecule has 0 fully saturated rings. The highest BCUT2D eigenvalue weighted by molar-refractivity contribution is 14.0. The van der Waals surface area contributed by atoms with Crippen molar-refractivity contribution in [1.29, 1.82) is 0 Å². The van der Waals surface area contributed by atoms with Gasteiger partial charge in [0, 0.05) is 23.3 Å². The average molecular weight is 511 g/mol. The summed E-state index contributed by atoms with van der Waals surface area (Å²) in [5.74, 6) is 1.01. The highest BCUT2D eigenvalue weighted by Gasteiger charge is 2.11. The van der Waals surface area contributed by atoms with Crippen LogP contribution in [0.5, 0.6) is 11.5 Å². The maximum Gasteiger partial charge on any atom is 0.387 e. The van der Waals surface area contributed by atoms with Crippen LogP contribution in [0.1, 0.15) is 15.3 Å². The molecule has 27 heavy (non-hydrogen) atoms. The van der Waals surface area contributed by atoms with Gasteiger partial charge in [0.15, 0.2) is 17.5 Å². The number of methoxy groups -OCH3 is 1. The second-order valence-corrected chi connectivity index (χ2v) is 6.85. The fourth-order valence-electron chi connectivity index (χ4n) is 2.36. The largest absolute Gasteiger partial charge is 0.493 e. The molecule has 0 radical (unpaired) electrons. The maximum atomic E-state index is 12.5. The molecule has 2 aromatic rings. The molecule has 1 aromatic heterocycles. The molecule has 0 atom stereocenters. The van der Waals surface area contributed by atoms with Gasteiger partial charge in [0.05, 0.1) is 13.7 Å². The monoisotopic (exact) mass is 511 g/mol. The van der Waals surface area contributed by atoms with Gasteiger partial charge in [0.25, 0.3) is 0 Å². The summed E-state index contributed by atoms with van der Waals surface area (Å²) >= 11 is 1.74. The van der Waals surface area contributed by atoms with E-state index in [0.29, 0.717) is 25.5 Å². The molecule has 150 valence electrons. The van der Waals surface area contributed by atoms with E-state index in [-0.39, 0.29) is 35.5 Å². The van der Waals surface area contributed by atoms with Gasteiger partial charge >= 0.3 is 6.61 Å². The van der Waals surface area contributed by atoms with Crippen LogP contribution in [0.15, 0.2) is 35.3 Å². The molecular formula is C18H24F2IN3O2S. The van der Waals surface area contributed by atoms with Gasteiger partial charge < -0.3 is 20.1 Å². The fourth-order valence-corrected chi connectivity index (χ4v) is 3.19. The van der Waals surface area contributed by atoms with Gasteiger partial charge in [-0.3, -0.25) is 4.99 Å². The minimum absolute atomic E-state index is 0. The number of rotatable bonds is 8. The minimum Gasteiger partial charge on any atom is -0.493 e. The van der Waals surface area contributed by atoms with Crippen molar-refractivity contribution in [3.63, 3.8) is 0 Å². The number of nitrogens with zero attached hydrogens (tertiary/aromatic N) is 1. The van der Waals surface area contributed by atoms with E-state index in [1.807, 2.05) is 6.07 Å². The lowest BCUT2D eigenvalue weighted by atomic mass is 10.1. The Morgan fingerprint density at radius 3 is 2.56 bits per heavy atom. The molecule has 0 bridgehead atoms. The van der Waals surface area contributed by atoms with Gasteiger partial charge in [0.1, 0.15) is 0 Å². The number of thiophene rings is 1. The molecule has 0 saturated heterocycles. The first-order valence-electron chi connectivity index (χ1n) is 8.13. The number of guanidine groups is 1. The number of benzene rings is 1. The van der Waals surface area contributed by atoms with E-state index in [4.69, 9.17) is 4.74 Å². The molecule has 1 heterocycles. The van der Waals surface area contributed by atoms with Crippen LogP contribution in [0, 0.1) is 6.92 Å². The molecular weight excluding hydrogens is 487 g/mol. The van der Waals surface area contributed by atoms with Gasteiger partial charge in [-0.1, -0.05) is 6.07 Å². The van der Waals surface area contributed by atoms with E-state index < -0.39 is 6.61 Å². The van der Waals surface area contributed by atoms with E-state index in [2.05, 4.69) is 39.4 Å². The van der Waals surface area contributed by atoms with Crippen LogP contribution in [-0.2, 0) is 13.0 Å². The summed E-state index contributed by atoms with van der Waals surface area (Å²) in [4.78, 5) is 6.68. The third-order valence-corrected chi connectivity index (χ3v) is 4.60. The summed E-state index contributed by atoms with van der Waals surface area (Å²) in [5.41, 5.74) is 0.860. The van der Waals surface area contributed by atoms with Gasteiger partial charge in [-0.2, -0.15) is 8.78 Å². The molecule has 0 spiro atoms. The summed E-state index contributed by atoms with van der Waals surface area (Å²) in [6.45, 7) is 0.486. The van der Waals surface area contributed by atoms with Gasteiger partial charge in [-0.15, -0.1) is 35.3 Å². The van der Waals surface area contributed by atoms with Crippen LogP contribution < -0.4 is 20.1 Å². The summed E-state index contributed by atoms with van der Waals surface area (Å²) in [6.07, 6.45) is 0.627. The number of nitrogens with one attached hydrogen (secondary N) is 2. The Bertz CT molecular complexity index is 741. The Labute approximate surface area is 179 Å². The third-order valence-electron chi connectivity index (χ3n) is 3.60. The first kappa shape index (κ1) is 23.4. The number of hydrogen-bond donors (Lipinski definition) is 2. The SMILES string of the molecule is CN=C(NCCc1ccc(OC)c(OC(F)F)c1)NCc1ccc(C)s1.I. The predicted molar refractivity (Wildman–Crippen MR) is 116 cm³/mol. The highest BCUT2D eigenvalue weighted by atomic mass is 127. The molecule has 5 nitrogen and oxygen atoms in total. The van der Waals surface area contributed by atoms with E-state index in [0.717, 1.165) is 5.56 Å². The molecule has 0 unspecified atom stereocenters. The van der Waals surface area contributed by atoms with Crippen LogP contribution >= 0.6 is 35.3 Å². The smallest absolute Gasteiger partial charge is 0.387 e. The number of hydrogen-bond acceptors (Lipinski definition) is 4. The van der Waals surface area contributed by atoms with Gasteiger partial charge in [-0.05, 0) is 43.2 Å². The van der Waals surface area contributed by atoms with Crippen LogP contribution in [-0.4, -0.2) is 33.3 Å². The second kappa shape index (κ2) is 12.0. The zero-order valence-electron chi connectivity index (χ0n) is 15.4. The molecule has 9 heteroatoms. The van der Waals surface area contributed by atoms with E-state index in [9.17, 15) is 8.78 Å². The van der Waals surface area contributed by atoms with Crippen molar-refractivity contribution in [1.82, 2.24) is 10.6 Å². The van der Waals surface area contributed by atoms with Crippen molar-refractivity contribution < 1.29 is 18.3 Å². The molecule has 0 aliphatic carbocycles. The van der Waals surface area contributed by atoms with Crippen LogP contribution in [0.2, 0.25) is 0 Å². The Balaban J connectivity index is 0.00000364. The van der Waals surface area contributed by atoms with Crippen molar-refractivity contribution in [3.05, 3.63) is 45.6 Å². The van der Waals surface area contributed by atoms with E-state index in [1.165, 1.54) is 16.9 Å². The summed E-state index contributed by atoms with van der Waals surface area (Å²) < 4.78 is 34.5. The number of aliphatic imine (C=N–C) groups is 1. The van der Waals surface area contributed by atoms with Crippen LogP contribution in [0.25, 0.3) is 0 Å². The third kappa shape index (κ3) is 7.87. The summed E-state index contributed by atoms with van der Waals surface area (Å²) in [6, 6.07) is 9.18. The predicted octanol–water partition coefficient (Wildman–Crippen LogP) is 4.19. The van der Waals surface area contributed by atoms with Crippen molar-refractivity contribution >= 4 is 41.3 Å². The van der Waals surface area contributed by atoms with Crippen molar-refractivity contribution in [2.24, 2.45) is 4.99 Å². The lowest BCUT2D eigenvalue weighted by Crippen LogP contribution is -2.37. The highest BCUT2D eigenvalue weighted by Crippen LogP contribution is 2.29. The van der Waals surface area contributed by atoms with E-state index in [1.54, 1.807) is 30.5 Å². The first-order chi connectivity index (χ1) is 12.5. The van der Waals surface area contributed by atoms with Crippen LogP contribution in [0.4, 0.5) is 8.78 Å². The van der Waals surface area contributed by atoms with Gasteiger partial charge in [-0.25, -0.2) is 0 Å². The Kier molecular flexibility index (Phi) is 10.4. The Hall–Kier alpha value is -1.62. The minimum atomic E-state index is -2.89. The molecule has 0 saturated carbocycles. The standard InChI is InChI=1S/C18H23F2N3O2S.HI/c1-12-4-6-14(26-12)11-23-18(21-2)22-9-8-13-5-7-15(24-3)16(10-13)25-17(19)20;/h4-7,10,17H,8-9,11H2,1-3H3,(H2,21,22,23);1H. The molecule has 0 aliphatic heterocycles. The molecule has 0 amide bonds. The number of halogens is 3. The Morgan fingerprint density at radius 1 is 1.19 bits per heavy atom. The van der Waals surface area contributed by atoms with Crippen LogP contribution in [0.3, 0.4) is 0 Å². The van der Waals surface area contributed by atoms with Crippen molar-refractivity contribution in [2.45, 2.75) is 26.5 Å². The zero-order chi connectivity index (χ0) is 18.9. The fraction of sp³-hybridized carbons (Fsp3) is 0.389. The van der Waals surface area contributed by atoms with Crippen molar-refractivity contribution in [2.75, 3.05) is 20.7 Å². The summed E-state index contributed by atoms with van der Waals surface area (Å²) in [7, 11) is 3.12. The van der Waals surface area contributed by atoms with Gasteiger partial charge in [0.2, 0.25) is 0 Å². The lowest BCUT2D eigenvalue weighted by molar-refractivity contribution is -0.0512.